The summed E-state index contributed by atoms with van der Waals surface area (Å²) >= 11 is 0. The molecule has 7 heteroatoms. The van der Waals surface area contributed by atoms with E-state index in [2.05, 4.69) is 10.6 Å². The van der Waals surface area contributed by atoms with Gasteiger partial charge in [-0.15, -0.1) is 12.4 Å². The number of benzene rings is 1. The van der Waals surface area contributed by atoms with Crippen LogP contribution < -0.4 is 10.6 Å². The van der Waals surface area contributed by atoms with E-state index in [1.54, 1.807) is 13.4 Å². The molecular formula is C14H23ClN2O3S. The van der Waals surface area contributed by atoms with Gasteiger partial charge in [0.1, 0.15) is 0 Å². The van der Waals surface area contributed by atoms with Crippen LogP contribution in [0.25, 0.3) is 0 Å². The van der Waals surface area contributed by atoms with E-state index < -0.39 is 10.8 Å². The van der Waals surface area contributed by atoms with E-state index in [4.69, 9.17) is 4.74 Å². The molecule has 0 aliphatic heterocycles. The third-order valence-electron chi connectivity index (χ3n) is 2.71. The summed E-state index contributed by atoms with van der Waals surface area (Å²) in [6.07, 6.45) is 1.64. The Balaban J connectivity index is 0.00000400. The Labute approximate surface area is 134 Å². The summed E-state index contributed by atoms with van der Waals surface area (Å²) in [6.45, 7) is 1.41. The van der Waals surface area contributed by atoms with Crippen molar-refractivity contribution in [3.8, 4) is 0 Å². The van der Waals surface area contributed by atoms with Gasteiger partial charge in [0.25, 0.3) is 0 Å². The lowest BCUT2D eigenvalue weighted by Crippen LogP contribution is -2.38. The van der Waals surface area contributed by atoms with Crippen LogP contribution in [0.1, 0.15) is 11.6 Å². The molecule has 0 heterocycles. The molecule has 0 spiro atoms. The van der Waals surface area contributed by atoms with Gasteiger partial charge in [-0.05, 0) is 5.56 Å². The van der Waals surface area contributed by atoms with Gasteiger partial charge in [0.2, 0.25) is 5.91 Å². The fourth-order valence-electron chi connectivity index (χ4n) is 1.76. The van der Waals surface area contributed by atoms with Crippen LogP contribution in [0.2, 0.25) is 0 Å². The predicted octanol–water partition coefficient (Wildman–Crippen LogP) is 0.880. The Morgan fingerprint density at radius 1 is 1.33 bits per heavy atom. The second-order valence-electron chi connectivity index (χ2n) is 4.44. The molecule has 5 nitrogen and oxygen atoms in total. The SMILES string of the molecule is COCCNCC(=O)NC(CS(C)=O)c1ccccc1.Cl. The molecule has 1 rings (SSSR count). The van der Waals surface area contributed by atoms with Crippen molar-refractivity contribution >= 4 is 29.1 Å². The molecule has 0 fully saturated rings. The fraction of sp³-hybridized carbons (Fsp3) is 0.500. The van der Waals surface area contributed by atoms with E-state index in [1.807, 2.05) is 30.3 Å². The van der Waals surface area contributed by atoms with Crippen LogP contribution in [0.5, 0.6) is 0 Å². The van der Waals surface area contributed by atoms with Crippen molar-refractivity contribution in [3.63, 3.8) is 0 Å². The van der Waals surface area contributed by atoms with Crippen molar-refractivity contribution in [2.45, 2.75) is 6.04 Å². The van der Waals surface area contributed by atoms with E-state index in [9.17, 15) is 9.00 Å². The standard InChI is InChI=1S/C14H22N2O3S.ClH/c1-19-9-8-15-10-14(17)16-13(11-20(2)18)12-6-4-3-5-7-12;/h3-7,13,15H,8-11H2,1-2H3,(H,16,17);1H. The van der Waals surface area contributed by atoms with E-state index >= 15 is 0 Å². The summed E-state index contributed by atoms with van der Waals surface area (Å²) in [7, 11) is 0.638. The lowest BCUT2D eigenvalue weighted by atomic mass is 10.1. The van der Waals surface area contributed by atoms with Crippen molar-refractivity contribution in [3.05, 3.63) is 35.9 Å². The van der Waals surface area contributed by atoms with Gasteiger partial charge in [0.05, 0.1) is 19.2 Å². The summed E-state index contributed by atoms with van der Waals surface area (Å²) in [4.78, 5) is 11.9. The second-order valence-corrected chi connectivity index (χ2v) is 5.92. The van der Waals surface area contributed by atoms with Crippen molar-refractivity contribution in [2.75, 3.05) is 38.8 Å². The number of ether oxygens (including phenoxy) is 1. The quantitative estimate of drug-likeness (QED) is 0.658. The van der Waals surface area contributed by atoms with Crippen LogP contribution in [-0.4, -0.2) is 48.9 Å². The lowest BCUT2D eigenvalue weighted by molar-refractivity contribution is -0.120. The van der Waals surface area contributed by atoms with Crippen molar-refractivity contribution in [2.24, 2.45) is 0 Å². The highest BCUT2D eigenvalue weighted by atomic mass is 35.5. The average molecular weight is 335 g/mol. The molecule has 1 amide bonds. The van der Waals surface area contributed by atoms with Crippen molar-refractivity contribution in [1.29, 1.82) is 0 Å². The van der Waals surface area contributed by atoms with E-state index in [1.165, 1.54) is 0 Å². The molecular weight excluding hydrogens is 312 g/mol. The van der Waals surface area contributed by atoms with Gasteiger partial charge < -0.3 is 15.4 Å². The largest absolute Gasteiger partial charge is 0.383 e. The topological polar surface area (TPSA) is 67.4 Å². The molecule has 2 unspecified atom stereocenters. The molecule has 0 radical (unpaired) electrons. The zero-order chi connectivity index (χ0) is 14.8. The number of nitrogens with one attached hydrogen (secondary N) is 2. The van der Waals surface area contributed by atoms with Crippen molar-refractivity contribution < 1.29 is 13.7 Å². The third-order valence-corrected chi connectivity index (χ3v) is 3.51. The van der Waals surface area contributed by atoms with Crippen LogP contribution in [-0.2, 0) is 20.3 Å². The second kappa shape index (κ2) is 11.7. The minimum absolute atomic E-state index is 0. The number of rotatable bonds is 9. The monoisotopic (exact) mass is 334 g/mol. The zero-order valence-corrected chi connectivity index (χ0v) is 14.0. The number of amides is 1. The van der Waals surface area contributed by atoms with Crippen molar-refractivity contribution in [1.82, 2.24) is 10.6 Å². The summed E-state index contributed by atoms with van der Waals surface area (Å²) < 4.78 is 16.3. The Morgan fingerprint density at radius 2 is 2.00 bits per heavy atom. The summed E-state index contributed by atoms with van der Waals surface area (Å²) in [6, 6.07) is 9.36. The molecule has 0 aliphatic rings. The molecule has 0 bridgehead atoms. The molecule has 1 aromatic carbocycles. The average Bonchev–Trinajstić information content (AvgIpc) is 2.43. The molecule has 0 saturated carbocycles. The Bertz CT molecular complexity index is 431. The van der Waals surface area contributed by atoms with Gasteiger partial charge >= 0.3 is 0 Å². The van der Waals surface area contributed by atoms with Crippen LogP contribution >= 0.6 is 12.4 Å². The maximum Gasteiger partial charge on any atom is 0.234 e. The zero-order valence-electron chi connectivity index (χ0n) is 12.3. The number of methoxy groups -OCH3 is 1. The van der Waals surface area contributed by atoms with Gasteiger partial charge in [-0.2, -0.15) is 0 Å². The first-order valence-electron chi connectivity index (χ1n) is 6.47. The number of carbonyl (C=O) groups excluding carboxylic acids is 1. The Kier molecular flexibility index (Phi) is 11.2. The number of hydrogen-bond donors (Lipinski definition) is 2. The highest BCUT2D eigenvalue weighted by Crippen LogP contribution is 2.13. The first-order valence-corrected chi connectivity index (χ1v) is 8.20. The van der Waals surface area contributed by atoms with Crippen LogP contribution in [0.3, 0.4) is 0 Å². The Morgan fingerprint density at radius 3 is 2.57 bits per heavy atom. The van der Waals surface area contributed by atoms with Gasteiger partial charge in [-0.3, -0.25) is 9.00 Å². The maximum absolute atomic E-state index is 11.9. The van der Waals surface area contributed by atoms with Gasteiger partial charge in [-0.1, -0.05) is 30.3 Å². The number of halogens is 1. The molecule has 1 aromatic rings. The molecule has 0 aliphatic carbocycles. The minimum Gasteiger partial charge on any atom is -0.383 e. The van der Waals surface area contributed by atoms with Gasteiger partial charge in [-0.25, -0.2) is 0 Å². The predicted molar refractivity (Wildman–Crippen MR) is 88.3 cm³/mol. The smallest absolute Gasteiger partial charge is 0.234 e. The van der Waals surface area contributed by atoms with Crippen LogP contribution in [0.4, 0.5) is 0 Å². The molecule has 21 heavy (non-hydrogen) atoms. The third kappa shape index (κ3) is 8.83. The summed E-state index contributed by atoms with van der Waals surface area (Å²) in [5.74, 6) is 0.300. The normalized spacial score (nSPS) is 13.0. The molecule has 120 valence electrons. The first kappa shape index (κ1) is 20.1. The fourth-order valence-corrected chi connectivity index (χ4v) is 2.51. The highest BCUT2D eigenvalue weighted by molar-refractivity contribution is 7.84. The Hall–Kier alpha value is -0.950. The van der Waals surface area contributed by atoms with Crippen LogP contribution in [0, 0.1) is 0 Å². The highest BCUT2D eigenvalue weighted by Gasteiger charge is 2.15. The first-order chi connectivity index (χ1) is 9.63. The van der Waals surface area contributed by atoms with Gasteiger partial charge in [0.15, 0.2) is 0 Å². The molecule has 2 atom stereocenters. The van der Waals surface area contributed by atoms with E-state index in [-0.39, 0.29) is 30.9 Å². The van der Waals surface area contributed by atoms with Crippen LogP contribution in [0.15, 0.2) is 30.3 Å². The minimum atomic E-state index is -0.976. The van der Waals surface area contributed by atoms with E-state index in [0.717, 1.165) is 5.56 Å². The van der Waals surface area contributed by atoms with E-state index in [0.29, 0.717) is 18.9 Å². The summed E-state index contributed by atoms with van der Waals surface area (Å²) in [5.41, 5.74) is 0.966. The number of carbonyl (C=O) groups is 1. The maximum atomic E-state index is 11.9. The molecule has 0 aromatic heterocycles. The lowest BCUT2D eigenvalue weighted by Gasteiger charge is -2.18. The molecule has 2 N–H and O–H groups in total. The summed E-state index contributed by atoms with van der Waals surface area (Å²) in [5, 5.41) is 5.89. The van der Waals surface area contributed by atoms with Gasteiger partial charge in [0, 0.05) is 36.5 Å². The number of hydrogen-bond acceptors (Lipinski definition) is 4. The molecule has 0 saturated heterocycles.